The van der Waals surface area contributed by atoms with Crippen LogP contribution in [-0.2, 0) is 19.4 Å². The molecule has 1 aromatic carbocycles. The quantitative estimate of drug-likeness (QED) is 0.327. The van der Waals surface area contributed by atoms with E-state index in [1.807, 2.05) is 11.9 Å². The molecule has 3 heterocycles. The van der Waals surface area contributed by atoms with Crippen LogP contribution in [0.2, 0.25) is 0 Å². The average molecular weight is 590 g/mol. The van der Waals surface area contributed by atoms with Gasteiger partial charge in [-0.25, -0.2) is 8.42 Å². The lowest BCUT2D eigenvalue weighted by Gasteiger charge is -2.52. The van der Waals surface area contributed by atoms with Gasteiger partial charge in [-0.2, -0.15) is 0 Å². The molecule has 1 unspecified atom stereocenters. The summed E-state index contributed by atoms with van der Waals surface area (Å²) in [6.07, 6.45) is 8.19. The molecule has 41 heavy (non-hydrogen) atoms. The molecule has 5 rings (SSSR count). The Balaban J connectivity index is 1.38. The van der Waals surface area contributed by atoms with Crippen molar-refractivity contribution in [2.45, 2.75) is 81.2 Å². The van der Waals surface area contributed by atoms with E-state index in [1.165, 1.54) is 19.2 Å². The predicted molar refractivity (Wildman–Crippen MR) is 155 cm³/mol. The van der Waals surface area contributed by atoms with Crippen molar-refractivity contribution in [1.29, 1.82) is 0 Å². The van der Waals surface area contributed by atoms with Gasteiger partial charge in [-0.05, 0) is 50.7 Å². The summed E-state index contributed by atoms with van der Waals surface area (Å²) in [7, 11) is -0.554. The van der Waals surface area contributed by atoms with Gasteiger partial charge in [-0.15, -0.1) is 0 Å². The summed E-state index contributed by atoms with van der Waals surface area (Å²) in [6, 6.07) is 4.91. The minimum absolute atomic E-state index is 0.0194. The number of ether oxygens (including phenoxy) is 1. The first-order chi connectivity index (χ1) is 19.5. The van der Waals surface area contributed by atoms with Gasteiger partial charge >= 0.3 is 0 Å². The van der Waals surface area contributed by atoms with Gasteiger partial charge in [-0.1, -0.05) is 19.8 Å². The highest BCUT2D eigenvalue weighted by atomic mass is 32.2. The lowest BCUT2D eigenvalue weighted by molar-refractivity contribution is -0.129. The molecule has 0 radical (unpaired) electrons. The van der Waals surface area contributed by atoms with Crippen LogP contribution in [-0.4, -0.2) is 92.5 Å². The zero-order chi connectivity index (χ0) is 29.4. The van der Waals surface area contributed by atoms with Gasteiger partial charge in [-0.3, -0.25) is 20.6 Å². The highest BCUT2D eigenvalue weighted by molar-refractivity contribution is 7.92. The molecule has 1 saturated heterocycles. The van der Waals surface area contributed by atoms with E-state index in [-0.39, 0.29) is 28.5 Å². The summed E-state index contributed by atoms with van der Waals surface area (Å²) < 4.78 is 31.8. The number of likely N-dealkylation sites (N-methyl/N-ethyl adjacent to an activating group) is 1. The second-order valence-electron chi connectivity index (χ2n) is 11.6. The van der Waals surface area contributed by atoms with Crippen molar-refractivity contribution in [1.82, 2.24) is 25.3 Å². The van der Waals surface area contributed by atoms with Gasteiger partial charge in [0.2, 0.25) is 11.8 Å². The Hall–Kier alpha value is -3.19. The predicted octanol–water partition coefficient (Wildman–Crippen LogP) is 1.32. The molecule has 1 aliphatic carbocycles. The number of nitrogens with one attached hydrogen (secondary N) is 3. The van der Waals surface area contributed by atoms with Crippen LogP contribution in [0.15, 0.2) is 34.6 Å². The van der Waals surface area contributed by atoms with Gasteiger partial charge in [0.05, 0.1) is 17.7 Å². The fourth-order valence-corrected chi connectivity index (χ4v) is 7.79. The second-order valence-corrected chi connectivity index (χ2v) is 13.5. The van der Waals surface area contributed by atoms with Gasteiger partial charge in [0.15, 0.2) is 9.84 Å². The van der Waals surface area contributed by atoms with Crippen molar-refractivity contribution in [3.63, 3.8) is 0 Å². The van der Waals surface area contributed by atoms with Crippen molar-refractivity contribution < 1.29 is 22.7 Å². The summed E-state index contributed by atoms with van der Waals surface area (Å²) in [5.41, 5.74) is 7.66. The summed E-state index contributed by atoms with van der Waals surface area (Å²) >= 11 is 0. The van der Waals surface area contributed by atoms with Crippen LogP contribution in [0.1, 0.15) is 58.3 Å². The molecular formula is C28H43N7O5S. The Morgan fingerprint density at radius 1 is 1.15 bits per heavy atom. The number of piperidine rings is 1. The van der Waals surface area contributed by atoms with Gasteiger partial charge in [0, 0.05) is 44.8 Å². The molecule has 0 bridgehead atoms. The number of nitrogens with zero attached hydrogens (tertiary/aromatic N) is 3. The van der Waals surface area contributed by atoms with Crippen molar-refractivity contribution in [2.24, 2.45) is 5.73 Å². The third-order valence-electron chi connectivity index (χ3n) is 8.66. The van der Waals surface area contributed by atoms with Crippen LogP contribution >= 0.6 is 0 Å². The highest BCUT2D eigenvalue weighted by Crippen LogP contribution is 2.36. The monoisotopic (exact) mass is 589 g/mol. The Morgan fingerprint density at radius 3 is 2.51 bits per heavy atom. The van der Waals surface area contributed by atoms with Crippen molar-refractivity contribution in [2.75, 3.05) is 44.9 Å². The Morgan fingerprint density at radius 2 is 1.85 bits per heavy atom. The van der Waals surface area contributed by atoms with Crippen LogP contribution < -0.4 is 26.4 Å². The number of sulfone groups is 1. The minimum Gasteiger partial charge on any atom is -0.495 e. The third-order valence-corrected chi connectivity index (χ3v) is 10.3. The van der Waals surface area contributed by atoms with E-state index < -0.39 is 21.5 Å². The number of carbonyl (C=O) groups excluding carboxylic acids is 2. The fourth-order valence-electron chi connectivity index (χ4n) is 6.55. The molecule has 2 amide bonds. The molecule has 3 aliphatic heterocycles. The molecular weight excluding hydrogens is 546 g/mol. The zero-order valence-corrected chi connectivity index (χ0v) is 25.1. The zero-order valence-electron chi connectivity index (χ0n) is 24.2. The van der Waals surface area contributed by atoms with Crippen LogP contribution in [0.5, 0.6) is 5.75 Å². The molecule has 13 heteroatoms. The number of hydrogen-bond acceptors (Lipinski definition) is 10. The first-order valence-corrected chi connectivity index (χ1v) is 16.3. The molecule has 0 spiro atoms. The molecule has 2 fully saturated rings. The number of anilines is 1. The van der Waals surface area contributed by atoms with Crippen molar-refractivity contribution >= 4 is 27.3 Å². The molecule has 2 atom stereocenters. The summed E-state index contributed by atoms with van der Waals surface area (Å²) in [6.45, 7) is 4.07. The Bertz CT molecular complexity index is 1310. The summed E-state index contributed by atoms with van der Waals surface area (Å²) in [5, 5.41) is 9.34. The van der Waals surface area contributed by atoms with Crippen LogP contribution in [0.3, 0.4) is 0 Å². The molecule has 12 nitrogen and oxygen atoms in total. The van der Waals surface area contributed by atoms with Crippen molar-refractivity contribution in [3.8, 4) is 5.75 Å². The number of carbonyl (C=O) groups is 2. The topological polar surface area (TPSA) is 149 Å². The van der Waals surface area contributed by atoms with E-state index in [1.54, 1.807) is 11.0 Å². The standard InChI is InChI=1S/C28H43N7O5S/c1-4-19-17-33(2)25-26(35(19)20-10-6-7-11-20)31-28(29,32-27(25)37)30-22-13-12-21(16-23(22)40-3)41(38,39)18-24(36)34-14-8-5-9-15-34/h12-13,16,19-20,30-31H,4-11,14-15,17-18,29H2,1-3H3,(H,32,37)/t19?,28-/m0/s1. The normalized spacial score (nSPS) is 25.5. The van der Waals surface area contributed by atoms with Gasteiger partial charge < -0.3 is 30.1 Å². The van der Waals surface area contributed by atoms with E-state index >= 15 is 0 Å². The number of amides is 2. The first kappa shape index (κ1) is 29.3. The van der Waals surface area contributed by atoms with Gasteiger partial charge in [0.25, 0.3) is 5.91 Å². The van der Waals surface area contributed by atoms with E-state index in [0.717, 1.165) is 57.9 Å². The minimum atomic E-state index is -3.90. The van der Waals surface area contributed by atoms with Gasteiger partial charge in [0.1, 0.15) is 23.0 Å². The second kappa shape index (κ2) is 11.6. The molecule has 4 aliphatic rings. The molecule has 0 aromatic heterocycles. The lowest BCUT2D eigenvalue weighted by atomic mass is 10.0. The Labute approximate surface area is 242 Å². The number of methoxy groups -OCH3 is 1. The molecule has 226 valence electrons. The first-order valence-electron chi connectivity index (χ1n) is 14.7. The summed E-state index contributed by atoms with van der Waals surface area (Å²) in [4.78, 5) is 32.0. The maximum Gasteiger partial charge on any atom is 0.275 e. The molecule has 5 N–H and O–H groups in total. The number of nitrogens with two attached hydrogens (primary N) is 1. The lowest BCUT2D eigenvalue weighted by Crippen LogP contribution is -2.76. The maximum absolute atomic E-state index is 13.4. The number of hydrogen-bond donors (Lipinski definition) is 4. The van der Waals surface area contributed by atoms with E-state index in [2.05, 4.69) is 27.8 Å². The number of benzene rings is 1. The summed E-state index contributed by atoms with van der Waals surface area (Å²) in [5.74, 6) is -1.94. The van der Waals surface area contributed by atoms with Crippen LogP contribution in [0.25, 0.3) is 0 Å². The highest BCUT2D eigenvalue weighted by Gasteiger charge is 2.46. The smallest absolute Gasteiger partial charge is 0.275 e. The van der Waals surface area contributed by atoms with Crippen LogP contribution in [0, 0.1) is 0 Å². The fraction of sp³-hybridized carbons (Fsp3) is 0.643. The van der Waals surface area contributed by atoms with Crippen molar-refractivity contribution in [3.05, 3.63) is 29.7 Å². The van der Waals surface area contributed by atoms with E-state index in [0.29, 0.717) is 36.3 Å². The molecule has 1 saturated carbocycles. The van der Waals surface area contributed by atoms with E-state index in [9.17, 15) is 18.0 Å². The largest absolute Gasteiger partial charge is 0.495 e. The Kier molecular flexibility index (Phi) is 8.29. The van der Waals surface area contributed by atoms with E-state index in [4.69, 9.17) is 10.5 Å². The maximum atomic E-state index is 13.4. The number of rotatable bonds is 8. The third kappa shape index (κ3) is 5.92. The average Bonchev–Trinajstić information content (AvgIpc) is 3.47. The number of likely N-dealkylation sites (tertiary alicyclic amines) is 1. The SMILES string of the molecule is CCC1CN(C)C2=C(N[C@](N)(Nc3ccc(S(=O)(=O)CC(=O)N4CCCCC4)cc3OC)NC2=O)N1C1CCCC1. The van der Waals surface area contributed by atoms with Crippen LogP contribution in [0.4, 0.5) is 5.69 Å². The molecule has 1 aromatic rings.